The standard InChI is InChI=1S/C29H36FN9O3S/c1-17-13-38(9-10-40-15-17)26-34-23(35-27(36-26)41-16-29-7-4-8-39(29)14-18(30)11-29)24-33-25(42-37-24)28(2)6-3-5-20-21(28)19(12-31)22(32)43-20/h17-18H,3-11,13-16,32H2,1-2H3/t17-,18-,28+,29+/m1/s1. The maximum absolute atomic E-state index is 14.4. The van der Waals surface area contributed by atoms with Crippen molar-refractivity contribution in [3.63, 3.8) is 0 Å². The van der Waals surface area contributed by atoms with Gasteiger partial charge in [-0.05, 0) is 51.5 Å². The average molecular weight is 610 g/mol. The van der Waals surface area contributed by atoms with Crippen LogP contribution in [0.15, 0.2) is 4.52 Å². The van der Waals surface area contributed by atoms with Gasteiger partial charge in [-0.3, -0.25) is 4.90 Å². The zero-order valence-corrected chi connectivity index (χ0v) is 25.3. The molecule has 0 bridgehead atoms. The van der Waals surface area contributed by atoms with Crippen LogP contribution in [0.2, 0.25) is 0 Å². The molecule has 3 aromatic rings. The van der Waals surface area contributed by atoms with E-state index in [2.05, 4.69) is 32.9 Å². The summed E-state index contributed by atoms with van der Waals surface area (Å²) in [5.74, 6) is 1.56. The minimum atomic E-state index is -0.855. The molecule has 3 saturated heterocycles. The van der Waals surface area contributed by atoms with E-state index in [-0.39, 0.29) is 29.1 Å². The van der Waals surface area contributed by atoms with Gasteiger partial charge in [0, 0.05) is 36.5 Å². The summed E-state index contributed by atoms with van der Waals surface area (Å²) in [6, 6.07) is 2.43. The number of aromatic nitrogens is 5. The van der Waals surface area contributed by atoms with Gasteiger partial charge in [-0.1, -0.05) is 12.1 Å². The van der Waals surface area contributed by atoms with Crippen LogP contribution in [0.5, 0.6) is 6.01 Å². The minimum Gasteiger partial charge on any atom is -0.461 e. The molecule has 0 unspecified atom stereocenters. The first kappa shape index (κ1) is 28.4. The Morgan fingerprint density at radius 3 is 2.91 bits per heavy atom. The van der Waals surface area contributed by atoms with Crippen LogP contribution in [-0.2, 0) is 16.6 Å². The normalized spacial score (nSPS) is 29.2. The molecule has 12 nitrogen and oxygen atoms in total. The summed E-state index contributed by atoms with van der Waals surface area (Å²) in [5, 5.41) is 14.7. The highest BCUT2D eigenvalue weighted by molar-refractivity contribution is 7.16. The van der Waals surface area contributed by atoms with E-state index >= 15 is 0 Å². The van der Waals surface area contributed by atoms with Gasteiger partial charge in [0.25, 0.3) is 0 Å². The number of rotatable bonds is 6. The molecular weight excluding hydrogens is 573 g/mol. The van der Waals surface area contributed by atoms with Crippen LogP contribution < -0.4 is 15.4 Å². The fourth-order valence-electron chi connectivity index (χ4n) is 7.31. The topological polar surface area (TPSA) is 152 Å². The van der Waals surface area contributed by atoms with Crippen molar-refractivity contribution >= 4 is 22.3 Å². The summed E-state index contributed by atoms with van der Waals surface area (Å²) in [6.45, 7) is 8.29. The molecule has 6 heterocycles. The molecule has 3 aromatic heterocycles. The van der Waals surface area contributed by atoms with Gasteiger partial charge in [0.1, 0.15) is 23.8 Å². The van der Waals surface area contributed by atoms with Crippen molar-refractivity contribution in [2.45, 2.75) is 69.5 Å². The van der Waals surface area contributed by atoms with Crippen LogP contribution in [-0.4, -0.2) is 87.7 Å². The lowest BCUT2D eigenvalue weighted by Crippen LogP contribution is -2.43. The Morgan fingerprint density at radius 2 is 2.05 bits per heavy atom. The third-order valence-corrected chi connectivity index (χ3v) is 10.5. The number of fused-ring (bicyclic) bond motifs is 2. The maximum atomic E-state index is 14.4. The zero-order valence-electron chi connectivity index (χ0n) is 24.5. The number of hydrogen-bond acceptors (Lipinski definition) is 13. The number of nitrogens with zero attached hydrogens (tertiary/aromatic N) is 8. The van der Waals surface area contributed by atoms with Crippen molar-refractivity contribution in [2.24, 2.45) is 5.92 Å². The number of hydrogen-bond donors (Lipinski definition) is 1. The first-order valence-electron chi connectivity index (χ1n) is 15.0. The van der Waals surface area contributed by atoms with Gasteiger partial charge in [-0.15, -0.1) is 11.3 Å². The smallest absolute Gasteiger partial charge is 0.321 e. The fourth-order valence-corrected chi connectivity index (χ4v) is 8.50. The zero-order chi connectivity index (χ0) is 29.8. The molecule has 0 saturated carbocycles. The van der Waals surface area contributed by atoms with E-state index in [1.165, 1.54) is 11.3 Å². The molecule has 4 aliphatic rings. The lowest BCUT2D eigenvalue weighted by molar-refractivity contribution is 0.107. The Hall–Kier alpha value is -3.41. The molecule has 1 aliphatic carbocycles. The monoisotopic (exact) mass is 609 g/mol. The Balaban J connectivity index is 1.24. The lowest BCUT2D eigenvalue weighted by Gasteiger charge is -2.31. The highest BCUT2D eigenvalue weighted by Gasteiger charge is 2.49. The Bertz CT molecular complexity index is 1560. The minimum absolute atomic E-state index is 0.149. The predicted octanol–water partition coefficient (Wildman–Crippen LogP) is 3.51. The third-order valence-electron chi connectivity index (χ3n) is 9.41. The number of anilines is 2. The van der Waals surface area contributed by atoms with E-state index in [1.807, 2.05) is 6.92 Å². The SMILES string of the molecule is C[C@H]1COCCN(c2nc(OC[C@@]34CCCN3C[C@H](F)C4)nc(-c3noc([C@@]4(C)CCCc5sc(N)c(C#N)c54)n3)n2)C1. The quantitative estimate of drug-likeness (QED) is 0.435. The third kappa shape index (κ3) is 5.01. The average Bonchev–Trinajstić information content (AvgIpc) is 3.73. The van der Waals surface area contributed by atoms with E-state index in [9.17, 15) is 9.65 Å². The Labute approximate surface area is 253 Å². The number of nitriles is 1. The van der Waals surface area contributed by atoms with Crippen molar-refractivity contribution in [3.05, 3.63) is 21.9 Å². The number of nitrogens with two attached hydrogens (primary N) is 1. The first-order valence-corrected chi connectivity index (χ1v) is 15.9. The lowest BCUT2D eigenvalue weighted by atomic mass is 9.72. The molecule has 0 amide bonds. The van der Waals surface area contributed by atoms with Crippen molar-refractivity contribution < 1.29 is 18.4 Å². The number of aryl methyl sites for hydroxylation is 1. The molecule has 228 valence electrons. The van der Waals surface area contributed by atoms with E-state index < -0.39 is 11.6 Å². The predicted molar refractivity (Wildman–Crippen MR) is 157 cm³/mol. The highest BCUT2D eigenvalue weighted by atomic mass is 32.1. The molecule has 14 heteroatoms. The second-order valence-electron chi connectivity index (χ2n) is 12.6. The van der Waals surface area contributed by atoms with Gasteiger partial charge in [0.15, 0.2) is 0 Å². The molecule has 7 rings (SSSR count). The van der Waals surface area contributed by atoms with Gasteiger partial charge in [0.2, 0.25) is 23.5 Å². The van der Waals surface area contributed by atoms with E-state index in [1.54, 1.807) is 0 Å². The molecule has 4 atom stereocenters. The van der Waals surface area contributed by atoms with Gasteiger partial charge >= 0.3 is 6.01 Å². The molecule has 0 aromatic carbocycles. The molecule has 3 fully saturated rings. The Kier molecular flexibility index (Phi) is 7.22. The first-order chi connectivity index (χ1) is 20.8. The van der Waals surface area contributed by atoms with Crippen molar-refractivity contribution in [2.75, 3.05) is 56.6 Å². The molecular formula is C29H36FN9O3S. The summed E-state index contributed by atoms with van der Waals surface area (Å²) in [4.78, 5) is 24.2. The van der Waals surface area contributed by atoms with Crippen molar-refractivity contribution in [3.8, 4) is 23.7 Å². The second kappa shape index (κ2) is 10.9. The van der Waals surface area contributed by atoms with Gasteiger partial charge < -0.3 is 24.6 Å². The van der Waals surface area contributed by atoms with Crippen LogP contribution in [0.25, 0.3) is 11.6 Å². The van der Waals surface area contributed by atoms with E-state index in [0.29, 0.717) is 68.3 Å². The highest BCUT2D eigenvalue weighted by Crippen LogP contribution is 2.48. The summed E-state index contributed by atoms with van der Waals surface area (Å²) >= 11 is 1.46. The van der Waals surface area contributed by atoms with Crippen LogP contribution in [0.4, 0.5) is 15.3 Å². The van der Waals surface area contributed by atoms with Crippen molar-refractivity contribution in [1.82, 2.24) is 30.0 Å². The van der Waals surface area contributed by atoms with Gasteiger partial charge in [-0.2, -0.15) is 25.2 Å². The number of halogens is 1. The maximum Gasteiger partial charge on any atom is 0.321 e. The summed E-state index contributed by atoms with van der Waals surface area (Å²) in [5.41, 5.74) is 6.57. The molecule has 43 heavy (non-hydrogen) atoms. The number of thiophene rings is 1. The van der Waals surface area contributed by atoms with Gasteiger partial charge in [0.05, 0.1) is 29.7 Å². The largest absolute Gasteiger partial charge is 0.461 e. The number of ether oxygens (including phenoxy) is 2. The van der Waals surface area contributed by atoms with E-state index in [4.69, 9.17) is 34.7 Å². The Morgan fingerprint density at radius 1 is 1.16 bits per heavy atom. The number of nitrogen functional groups attached to an aromatic ring is 1. The fraction of sp³-hybridized carbons (Fsp3) is 0.655. The number of alkyl halides is 1. The molecule has 0 spiro atoms. The van der Waals surface area contributed by atoms with Crippen LogP contribution >= 0.6 is 11.3 Å². The molecule has 3 aliphatic heterocycles. The van der Waals surface area contributed by atoms with E-state index in [0.717, 1.165) is 49.1 Å². The second-order valence-corrected chi connectivity index (χ2v) is 13.7. The van der Waals surface area contributed by atoms with Gasteiger partial charge in [-0.25, -0.2) is 4.39 Å². The summed E-state index contributed by atoms with van der Waals surface area (Å²) < 4.78 is 32.3. The molecule has 0 radical (unpaired) electrons. The van der Waals surface area contributed by atoms with Crippen LogP contribution in [0.3, 0.4) is 0 Å². The molecule has 2 N–H and O–H groups in total. The summed E-state index contributed by atoms with van der Waals surface area (Å²) in [6.07, 6.45) is 4.00. The van der Waals surface area contributed by atoms with Crippen LogP contribution in [0, 0.1) is 17.2 Å². The van der Waals surface area contributed by atoms with Crippen LogP contribution in [0.1, 0.15) is 67.8 Å². The van der Waals surface area contributed by atoms with Crippen molar-refractivity contribution in [1.29, 1.82) is 5.26 Å². The summed E-state index contributed by atoms with van der Waals surface area (Å²) in [7, 11) is 0.